The highest BCUT2D eigenvalue weighted by Crippen LogP contribution is 2.12. The lowest BCUT2D eigenvalue weighted by atomic mass is 10.1. The third-order valence-electron chi connectivity index (χ3n) is 2.95. The fraction of sp³-hybridized carbons (Fsp3) is 1.00. The Morgan fingerprint density at radius 1 is 0.882 bits per heavy atom. The summed E-state index contributed by atoms with van der Waals surface area (Å²) in [6, 6.07) is 0. The molecule has 4 heteroatoms. The van der Waals surface area contributed by atoms with Gasteiger partial charge in [0.15, 0.2) is 0 Å². The molecule has 0 spiro atoms. The zero-order valence-electron chi connectivity index (χ0n) is 11.3. The molecule has 0 aromatic carbocycles. The second-order valence-electron chi connectivity index (χ2n) is 4.67. The molecular formula is C13H28O4. The van der Waals surface area contributed by atoms with E-state index in [1.807, 2.05) is 6.92 Å². The highest BCUT2D eigenvalue weighted by Gasteiger charge is 2.03. The molecule has 1 atom stereocenters. The molecule has 0 aliphatic heterocycles. The summed E-state index contributed by atoms with van der Waals surface area (Å²) < 4.78 is 0. The summed E-state index contributed by atoms with van der Waals surface area (Å²) >= 11 is 0. The van der Waals surface area contributed by atoms with Gasteiger partial charge in [-0.25, -0.2) is 10.1 Å². The number of hydrogen-bond donors (Lipinski definition) is 1. The van der Waals surface area contributed by atoms with E-state index >= 15 is 0 Å². The van der Waals surface area contributed by atoms with E-state index < -0.39 is 0 Å². The summed E-state index contributed by atoms with van der Waals surface area (Å²) in [6.45, 7) is 4.14. The summed E-state index contributed by atoms with van der Waals surface area (Å²) in [5.74, 6) is 0. The van der Waals surface area contributed by atoms with Crippen molar-refractivity contribution in [3.8, 4) is 0 Å². The Hall–Kier alpha value is -0.160. The van der Waals surface area contributed by atoms with Gasteiger partial charge in [0, 0.05) is 0 Å². The van der Waals surface area contributed by atoms with E-state index in [0.717, 1.165) is 12.8 Å². The van der Waals surface area contributed by atoms with Crippen LogP contribution < -0.4 is 0 Å². The van der Waals surface area contributed by atoms with Crippen molar-refractivity contribution in [3.63, 3.8) is 0 Å². The normalized spacial score (nSPS) is 12.9. The standard InChI is InChI=1S/C13H28O4/c1-3-4-5-6-7-8-9-10-11-12-13(2)15-17-16-14/h13-14H,3-12H2,1-2H3. The van der Waals surface area contributed by atoms with E-state index in [4.69, 9.17) is 10.1 Å². The van der Waals surface area contributed by atoms with Crippen LogP contribution in [0.1, 0.15) is 78.1 Å². The second kappa shape index (κ2) is 13.9. The summed E-state index contributed by atoms with van der Waals surface area (Å²) in [5, 5.41) is 15.3. The maximum atomic E-state index is 7.90. The average Bonchev–Trinajstić information content (AvgIpc) is 2.34. The summed E-state index contributed by atoms with van der Waals surface area (Å²) in [4.78, 5) is 4.69. The van der Waals surface area contributed by atoms with E-state index in [9.17, 15) is 0 Å². The van der Waals surface area contributed by atoms with Crippen LogP contribution in [-0.2, 0) is 15.0 Å². The maximum absolute atomic E-state index is 7.90. The zero-order valence-corrected chi connectivity index (χ0v) is 11.3. The topological polar surface area (TPSA) is 47.9 Å². The first-order valence-electron chi connectivity index (χ1n) is 6.94. The third kappa shape index (κ3) is 13.8. The molecule has 1 unspecified atom stereocenters. The SMILES string of the molecule is CCCCCCCCCCCC(C)OOOO. The van der Waals surface area contributed by atoms with E-state index in [-0.39, 0.29) is 6.10 Å². The van der Waals surface area contributed by atoms with Crippen molar-refractivity contribution in [2.75, 3.05) is 0 Å². The molecule has 0 aliphatic carbocycles. The monoisotopic (exact) mass is 248 g/mol. The van der Waals surface area contributed by atoms with Gasteiger partial charge in [-0.15, -0.1) is 0 Å². The van der Waals surface area contributed by atoms with Crippen molar-refractivity contribution in [2.45, 2.75) is 84.2 Å². The number of unbranched alkanes of at least 4 members (excludes halogenated alkanes) is 8. The maximum Gasteiger partial charge on any atom is 0.0934 e. The highest BCUT2D eigenvalue weighted by molar-refractivity contribution is 4.51. The van der Waals surface area contributed by atoms with E-state index in [2.05, 4.69) is 17.0 Å². The average molecular weight is 248 g/mol. The molecule has 17 heavy (non-hydrogen) atoms. The highest BCUT2D eigenvalue weighted by atomic mass is 17.6. The van der Waals surface area contributed by atoms with Crippen LogP contribution in [-0.4, -0.2) is 11.4 Å². The fourth-order valence-corrected chi connectivity index (χ4v) is 1.88. The first-order chi connectivity index (χ1) is 8.31. The predicted molar refractivity (Wildman–Crippen MR) is 67.2 cm³/mol. The van der Waals surface area contributed by atoms with Crippen LogP contribution in [0.2, 0.25) is 0 Å². The molecule has 0 saturated heterocycles. The van der Waals surface area contributed by atoms with Crippen molar-refractivity contribution in [3.05, 3.63) is 0 Å². The van der Waals surface area contributed by atoms with Gasteiger partial charge in [0.25, 0.3) is 0 Å². The van der Waals surface area contributed by atoms with Gasteiger partial charge in [0.2, 0.25) is 0 Å². The lowest BCUT2D eigenvalue weighted by Crippen LogP contribution is -2.08. The number of rotatable bonds is 13. The van der Waals surface area contributed by atoms with Crippen LogP contribution in [0.15, 0.2) is 0 Å². The Kier molecular flexibility index (Phi) is 13.8. The van der Waals surface area contributed by atoms with Crippen molar-refractivity contribution in [1.29, 1.82) is 0 Å². The summed E-state index contributed by atoms with van der Waals surface area (Å²) in [5.41, 5.74) is 0. The molecule has 0 saturated carbocycles. The lowest BCUT2D eigenvalue weighted by molar-refractivity contribution is -0.630. The van der Waals surface area contributed by atoms with Crippen LogP contribution in [0.25, 0.3) is 0 Å². The summed E-state index contributed by atoms with van der Waals surface area (Å²) in [7, 11) is 0. The quantitative estimate of drug-likeness (QED) is 0.293. The van der Waals surface area contributed by atoms with E-state index in [1.54, 1.807) is 0 Å². The number of hydrogen-bond acceptors (Lipinski definition) is 4. The lowest BCUT2D eigenvalue weighted by Gasteiger charge is -2.08. The van der Waals surface area contributed by atoms with Gasteiger partial charge in [-0.05, 0) is 23.4 Å². The molecule has 1 N–H and O–H groups in total. The Morgan fingerprint density at radius 2 is 1.41 bits per heavy atom. The van der Waals surface area contributed by atoms with Crippen LogP contribution in [0.4, 0.5) is 0 Å². The van der Waals surface area contributed by atoms with Gasteiger partial charge >= 0.3 is 0 Å². The molecule has 0 bridgehead atoms. The van der Waals surface area contributed by atoms with Gasteiger partial charge in [0.1, 0.15) is 0 Å². The Balaban J connectivity index is 3.02. The summed E-state index contributed by atoms with van der Waals surface area (Å²) in [6.07, 6.45) is 12.7. The molecule has 0 rings (SSSR count). The van der Waals surface area contributed by atoms with Crippen LogP contribution in [0.3, 0.4) is 0 Å². The van der Waals surface area contributed by atoms with Crippen LogP contribution >= 0.6 is 0 Å². The van der Waals surface area contributed by atoms with Crippen LogP contribution in [0, 0.1) is 0 Å². The largest absolute Gasteiger partial charge is 0.219 e. The van der Waals surface area contributed by atoms with Gasteiger partial charge in [-0.1, -0.05) is 64.7 Å². The minimum Gasteiger partial charge on any atom is -0.219 e. The van der Waals surface area contributed by atoms with Gasteiger partial charge < -0.3 is 0 Å². The van der Waals surface area contributed by atoms with Crippen LogP contribution in [0.5, 0.6) is 0 Å². The molecule has 104 valence electrons. The molecular weight excluding hydrogens is 220 g/mol. The van der Waals surface area contributed by atoms with Crippen molar-refractivity contribution in [1.82, 2.24) is 0 Å². The van der Waals surface area contributed by atoms with Crippen molar-refractivity contribution >= 4 is 0 Å². The smallest absolute Gasteiger partial charge is 0.0934 e. The third-order valence-corrected chi connectivity index (χ3v) is 2.95. The molecule has 0 aromatic rings. The Bertz CT molecular complexity index is 141. The minimum atomic E-state index is -0.0355. The fourth-order valence-electron chi connectivity index (χ4n) is 1.88. The van der Waals surface area contributed by atoms with E-state index in [0.29, 0.717) is 0 Å². The molecule has 0 radical (unpaired) electrons. The first-order valence-corrected chi connectivity index (χ1v) is 6.94. The predicted octanol–water partition coefficient (Wildman–Crippen LogP) is 4.65. The van der Waals surface area contributed by atoms with Crippen molar-refractivity contribution in [2.24, 2.45) is 0 Å². The minimum absolute atomic E-state index is 0.0355. The first kappa shape index (κ1) is 16.8. The Labute approximate surface area is 105 Å². The van der Waals surface area contributed by atoms with E-state index in [1.165, 1.54) is 51.4 Å². The molecule has 0 amide bonds. The van der Waals surface area contributed by atoms with Gasteiger partial charge in [-0.3, -0.25) is 0 Å². The van der Waals surface area contributed by atoms with Gasteiger partial charge in [-0.2, -0.15) is 0 Å². The van der Waals surface area contributed by atoms with Crippen molar-refractivity contribution < 1.29 is 20.2 Å². The molecule has 4 nitrogen and oxygen atoms in total. The Morgan fingerprint density at radius 3 is 1.94 bits per heavy atom. The zero-order chi connectivity index (χ0) is 12.8. The molecule has 0 fully saturated rings. The molecule has 0 heterocycles. The molecule has 0 aliphatic rings. The molecule has 0 aromatic heterocycles. The van der Waals surface area contributed by atoms with Gasteiger partial charge in [0.05, 0.1) is 6.10 Å². The second-order valence-corrected chi connectivity index (χ2v) is 4.67.